The van der Waals surface area contributed by atoms with Gasteiger partial charge in [0, 0.05) is 36.2 Å². The van der Waals surface area contributed by atoms with E-state index in [-0.39, 0.29) is 36.5 Å². The highest BCUT2D eigenvalue weighted by molar-refractivity contribution is 6.12. The summed E-state index contributed by atoms with van der Waals surface area (Å²) in [6, 6.07) is 8.49. The minimum absolute atomic E-state index is 0.120. The lowest BCUT2D eigenvalue weighted by Gasteiger charge is -2.19. The largest absolute Gasteiger partial charge is 0.495 e. The molecule has 0 bridgehead atoms. The van der Waals surface area contributed by atoms with Gasteiger partial charge in [0.1, 0.15) is 11.6 Å². The standard InChI is InChI=1S/C23H26FNO5/c1-25-18-9-7-15(24)13-17(18)22-16(8-10-19(28-2)23(22)25)14(5-11-20(26)29-3)6-12-21(27)30-4/h7-10,13-14H,5-6,11-12H2,1-4H3. The molecule has 0 fully saturated rings. The zero-order valence-corrected chi connectivity index (χ0v) is 17.7. The van der Waals surface area contributed by atoms with Crippen LogP contribution in [0.25, 0.3) is 21.8 Å². The number of methoxy groups -OCH3 is 3. The fourth-order valence-corrected chi connectivity index (χ4v) is 4.07. The second-order valence-corrected chi connectivity index (χ2v) is 7.23. The molecular weight excluding hydrogens is 389 g/mol. The first kappa shape index (κ1) is 21.6. The van der Waals surface area contributed by atoms with Crippen LogP contribution >= 0.6 is 0 Å². The van der Waals surface area contributed by atoms with Gasteiger partial charge in [-0.05, 0) is 48.6 Å². The van der Waals surface area contributed by atoms with Crippen LogP contribution in [0.2, 0.25) is 0 Å². The first-order valence-corrected chi connectivity index (χ1v) is 9.79. The Morgan fingerprint density at radius 2 is 1.63 bits per heavy atom. The highest BCUT2D eigenvalue weighted by Gasteiger charge is 2.23. The predicted octanol–water partition coefficient (Wildman–Crippen LogP) is 4.47. The van der Waals surface area contributed by atoms with Crippen LogP contribution in [0.4, 0.5) is 4.39 Å². The molecule has 2 aromatic carbocycles. The lowest BCUT2D eigenvalue weighted by Crippen LogP contribution is -2.09. The highest BCUT2D eigenvalue weighted by Crippen LogP contribution is 2.41. The Morgan fingerprint density at radius 3 is 2.20 bits per heavy atom. The van der Waals surface area contributed by atoms with Crippen molar-refractivity contribution >= 4 is 33.7 Å². The molecule has 0 spiro atoms. The monoisotopic (exact) mass is 415 g/mol. The van der Waals surface area contributed by atoms with E-state index in [4.69, 9.17) is 14.2 Å². The number of fused-ring (bicyclic) bond motifs is 3. The predicted molar refractivity (Wildman–Crippen MR) is 112 cm³/mol. The third-order valence-electron chi connectivity index (χ3n) is 5.61. The number of hydrogen-bond donors (Lipinski definition) is 0. The van der Waals surface area contributed by atoms with E-state index in [1.54, 1.807) is 13.2 Å². The summed E-state index contributed by atoms with van der Waals surface area (Å²) in [6.07, 6.45) is 1.43. The number of rotatable bonds is 8. The smallest absolute Gasteiger partial charge is 0.305 e. The molecule has 0 saturated carbocycles. The maximum atomic E-state index is 14.1. The Kier molecular flexibility index (Phi) is 6.59. The third kappa shape index (κ3) is 4.10. The Morgan fingerprint density at radius 1 is 1.00 bits per heavy atom. The molecular formula is C23H26FNO5. The van der Waals surface area contributed by atoms with Gasteiger partial charge < -0.3 is 18.8 Å². The number of hydrogen-bond acceptors (Lipinski definition) is 5. The lowest BCUT2D eigenvalue weighted by molar-refractivity contribution is -0.141. The summed E-state index contributed by atoms with van der Waals surface area (Å²) in [4.78, 5) is 23.6. The molecule has 3 aromatic rings. The van der Waals surface area contributed by atoms with Gasteiger partial charge in [-0.15, -0.1) is 0 Å². The van der Waals surface area contributed by atoms with Gasteiger partial charge in [0.05, 0.1) is 26.8 Å². The number of aromatic nitrogens is 1. The van der Waals surface area contributed by atoms with Crippen LogP contribution in [0.1, 0.15) is 37.2 Å². The van der Waals surface area contributed by atoms with Crippen molar-refractivity contribution in [3.63, 3.8) is 0 Å². The average Bonchev–Trinajstić information content (AvgIpc) is 3.05. The first-order chi connectivity index (χ1) is 14.4. The molecule has 3 rings (SSSR count). The van der Waals surface area contributed by atoms with Gasteiger partial charge in [0.15, 0.2) is 0 Å². The van der Waals surface area contributed by atoms with E-state index in [0.717, 1.165) is 27.4 Å². The zero-order valence-electron chi connectivity index (χ0n) is 17.7. The van der Waals surface area contributed by atoms with E-state index in [0.29, 0.717) is 18.6 Å². The van der Waals surface area contributed by atoms with Crippen molar-refractivity contribution in [2.24, 2.45) is 7.05 Å². The van der Waals surface area contributed by atoms with Crippen LogP contribution in [-0.2, 0) is 26.1 Å². The van der Waals surface area contributed by atoms with Gasteiger partial charge in [-0.25, -0.2) is 4.39 Å². The van der Waals surface area contributed by atoms with Gasteiger partial charge in [-0.1, -0.05) is 6.07 Å². The minimum atomic E-state index is -0.329. The minimum Gasteiger partial charge on any atom is -0.495 e. The number of nitrogens with zero attached hydrogens (tertiary/aromatic N) is 1. The molecule has 30 heavy (non-hydrogen) atoms. The van der Waals surface area contributed by atoms with Gasteiger partial charge in [-0.3, -0.25) is 9.59 Å². The van der Waals surface area contributed by atoms with Crippen molar-refractivity contribution in [3.8, 4) is 5.75 Å². The molecule has 0 aliphatic carbocycles. The van der Waals surface area contributed by atoms with Gasteiger partial charge in [-0.2, -0.15) is 0 Å². The van der Waals surface area contributed by atoms with Gasteiger partial charge in [0.2, 0.25) is 0 Å². The molecule has 1 aromatic heterocycles. The molecule has 0 saturated heterocycles. The van der Waals surface area contributed by atoms with Crippen LogP contribution in [-0.4, -0.2) is 37.8 Å². The van der Waals surface area contributed by atoms with Crippen molar-refractivity contribution in [1.29, 1.82) is 0 Å². The quantitative estimate of drug-likeness (QED) is 0.508. The number of esters is 2. The van der Waals surface area contributed by atoms with Crippen LogP contribution in [0.15, 0.2) is 30.3 Å². The molecule has 160 valence electrons. The van der Waals surface area contributed by atoms with Crippen LogP contribution in [0.3, 0.4) is 0 Å². The summed E-state index contributed by atoms with van der Waals surface area (Å²) in [5.41, 5.74) is 2.66. The van der Waals surface area contributed by atoms with E-state index in [1.165, 1.54) is 26.4 Å². The van der Waals surface area contributed by atoms with E-state index in [9.17, 15) is 14.0 Å². The number of benzene rings is 2. The maximum absolute atomic E-state index is 14.1. The van der Waals surface area contributed by atoms with Gasteiger partial charge >= 0.3 is 11.9 Å². The Labute approximate surface area is 174 Å². The number of carbonyl (C=O) groups is 2. The summed E-state index contributed by atoms with van der Waals surface area (Å²) in [5.74, 6) is -0.402. The lowest BCUT2D eigenvalue weighted by atomic mass is 9.87. The molecule has 1 heterocycles. The topological polar surface area (TPSA) is 66.8 Å². The van der Waals surface area contributed by atoms with Crippen LogP contribution in [0, 0.1) is 5.82 Å². The number of ether oxygens (including phenoxy) is 3. The summed E-state index contributed by atoms with van der Waals surface area (Å²) < 4.78 is 31.3. The number of carbonyl (C=O) groups excluding carboxylic acids is 2. The molecule has 6 nitrogen and oxygen atoms in total. The molecule has 0 aliphatic rings. The molecule has 0 radical (unpaired) electrons. The third-order valence-corrected chi connectivity index (χ3v) is 5.61. The van der Waals surface area contributed by atoms with Crippen LogP contribution in [0.5, 0.6) is 5.75 Å². The fourth-order valence-electron chi connectivity index (χ4n) is 4.07. The summed E-state index contributed by atoms with van der Waals surface area (Å²) in [6.45, 7) is 0. The van der Waals surface area contributed by atoms with E-state index >= 15 is 0 Å². The number of halogens is 1. The summed E-state index contributed by atoms with van der Waals surface area (Å²) in [5, 5.41) is 1.63. The Balaban J connectivity index is 2.19. The maximum Gasteiger partial charge on any atom is 0.305 e. The van der Waals surface area contributed by atoms with Crippen molar-refractivity contribution in [1.82, 2.24) is 4.57 Å². The van der Waals surface area contributed by atoms with Crippen molar-refractivity contribution in [3.05, 3.63) is 41.7 Å². The van der Waals surface area contributed by atoms with Crippen molar-refractivity contribution in [2.45, 2.75) is 31.6 Å². The average molecular weight is 415 g/mol. The molecule has 0 N–H and O–H groups in total. The van der Waals surface area contributed by atoms with Crippen molar-refractivity contribution < 1.29 is 28.2 Å². The second-order valence-electron chi connectivity index (χ2n) is 7.23. The Hall–Kier alpha value is -3.09. The number of aryl methyl sites for hydroxylation is 1. The molecule has 0 unspecified atom stereocenters. The van der Waals surface area contributed by atoms with E-state index < -0.39 is 0 Å². The summed E-state index contributed by atoms with van der Waals surface area (Å²) in [7, 11) is 6.21. The van der Waals surface area contributed by atoms with Crippen LogP contribution < -0.4 is 4.74 Å². The highest BCUT2D eigenvalue weighted by atomic mass is 19.1. The molecule has 0 amide bonds. The molecule has 7 heteroatoms. The zero-order chi connectivity index (χ0) is 21.8. The summed E-state index contributed by atoms with van der Waals surface area (Å²) >= 11 is 0. The Bertz CT molecular complexity index is 1070. The fraction of sp³-hybridized carbons (Fsp3) is 0.391. The normalized spacial score (nSPS) is 11.3. The molecule has 0 aliphatic heterocycles. The van der Waals surface area contributed by atoms with E-state index in [2.05, 4.69) is 0 Å². The van der Waals surface area contributed by atoms with Gasteiger partial charge in [0.25, 0.3) is 0 Å². The SMILES string of the molecule is COC(=O)CCC(CCC(=O)OC)c1ccc(OC)c2c1c1cc(F)ccc1n2C. The first-order valence-electron chi connectivity index (χ1n) is 9.79. The molecule has 0 atom stereocenters. The van der Waals surface area contributed by atoms with E-state index in [1.807, 2.05) is 23.7 Å². The second kappa shape index (κ2) is 9.15. The van der Waals surface area contributed by atoms with Crippen molar-refractivity contribution in [2.75, 3.05) is 21.3 Å².